The summed E-state index contributed by atoms with van der Waals surface area (Å²) >= 11 is 0. The van der Waals surface area contributed by atoms with Gasteiger partial charge < -0.3 is 10.00 Å². The number of hydrogen-bond acceptors (Lipinski definition) is 5. The minimum Gasteiger partial charge on any atom is -0.481 e. The first-order chi connectivity index (χ1) is 7.15. The van der Waals surface area contributed by atoms with Crippen molar-refractivity contribution < 1.29 is 29.4 Å². The molecular weight excluding hydrogens is 239 g/mol. The highest BCUT2D eigenvalue weighted by atomic mass is 31.2. The van der Waals surface area contributed by atoms with Gasteiger partial charge >= 0.3 is 5.97 Å². The van der Waals surface area contributed by atoms with Crippen molar-refractivity contribution >= 4 is 19.2 Å². The van der Waals surface area contributed by atoms with E-state index in [-0.39, 0.29) is 11.3 Å². The van der Waals surface area contributed by atoms with Crippen molar-refractivity contribution in [3.63, 3.8) is 0 Å². The Morgan fingerprint density at radius 2 is 2.00 bits per heavy atom. The van der Waals surface area contributed by atoms with Crippen LogP contribution in [0.3, 0.4) is 0 Å². The third-order valence-corrected chi connectivity index (χ3v) is 2.47. The highest BCUT2D eigenvalue weighted by molar-refractivity contribution is 7.57. The zero-order valence-corrected chi connectivity index (χ0v) is 9.85. The van der Waals surface area contributed by atoms with Crippen molar-refractivity contribution in [2.45, 2.75) is 6.92 Å². The summed E-state index contributed by atoms with van der Waals surface area (Å²) in [7, 11) is -3.27. The van der Waals surface area contributed by atoms with Crippen molar-refractivity contribution in [2.24, 2.45) is 5.92 Å². The zero-order chi connectivity index (χ0) is 12.9. The van der Waals surface area contributed by atoms with E-state index < -0.39 is 31.8 Å². The van der Waals surface area contributed by atoms with Crippen molar-refractivity contribution in [1.29, 1.82) is 0 Å². The van der Waals surface area contributed by atoms with E-state index >= 15 is 0 Å². The van der Waals surface area contributed by atoms with Gasteiger partial charge in [-0.2, -0.15) is 0 Å². The van der Waals surface area contributed by atoms with Gasteiger partial charge in [0, 0.05) is 6.66 Å². The summed E-state index contributed by atoms with van der Waals surface area (Å²) in [6.45, 7) is 1.84. The number of carboxylic acids is 1. The van der Waals surface area contributed by atoms with E-state index in [1.165, 1.54) is 0 Å². The van der Waals surface area contributed by atoms with E-state index in [1.54, 1.807) is 0 Å². The molecule has 2 atom stereocenters. The monoisotopic (exact) mass is 254 g/mol. The first kappa shape index (κ1) is 15.0. The van der Waals surface area contributed by atoms with Crippen LogP contribution in [0.2, 0.25) is 0 Å². The summed E-state index contributed by atoms with van der Waals surface area (Å²) in [6, 6.07) is 0. The minimum absolute atomic E-state index is 0.161. The largest absolute Gasteiger partial charge is 0.481 e. The molecule has 0 radical (unpaired) electrons. The predicted octanol–water partition coefficient (Wildman–Crippen LogP) is -0.670. The van der Waals surface area contributed by atoms with Crippen LogP contribution >= 0.6 is 7.37 Å². The Morgan fingerprint density at radius 3 is 2.38 bits per heavy atom. The van der Waals surface area contributed by atoms with Crippen molar-refractivity contribution in [2.75, 3.05) is 19.6 Å². The van der Waals surface area contributed by atoms with Crippen LogP contribution in [-0.2, 0) is 14.2 Å². The number of carbonyl (C=O) groups is 2. The second kappa shape index (κ2) is 5.95. The fourth-order valence-electron chi connectivity index (χ4n) is 0.770. The number of rotatable bonds is 6. The Kier molecular flexibility index (Phi) is 5.60. The first-order valence-electron chi connectivity index (χ1n) is 4.38. The quantitative estimate of drug-likeness (QED) is 0.163. The number of carboxylic acid groups (broad SMARTS) is 1. The Balaban J connectivity index is 4.07. The molecule has 0 aromatic rings. The van der Waals surface area contributed by atoms with Gasteiger partial charge in [0.05, 0.1) is 13.0 Å². The van der Waals surface area contributed by atoms with Crippen molar-refractivity contribution in [3.05, 3.63) is 0 Å². The molecular formula is C7H15N2O6P. The lowest BCUT2D eigenvalue weighted by molar-refractivity contribution is -0.175. The number of hydroxylamine groups is 2. The molecule has 0 aliphatic heterocycles. The second-order valence-electron chi connectivity index (χ2n) is 3.41. The molecule has 0 saturated heterocycles. The Labute approximate surface area is 92.3 Å². The number of carbonyl (C=O) groups excluding carboxylic acids is 1. The van der Waals surface area contributed by atoms with Crippen LogP contribution in [0.5, 0.6) is 0 Å². The average Bonchev–Trinajstić information content (AvgIpc) is 2.13. The molecule has 9 heteroatoms. The van der Waals surface area contributed by atoms with Gasteiger partial charge in [-0.1, -0.05) is 0 Å². The maximum absolute atomic E-state index is 11.2. The molecule has 2 unspecified atom stereocenters. The van der Waals surface area contributed by atoms with Crippen molar-refractivity contribution in [3.8, 4) is 0 Å². The van der Waals surface area contributed by atoms with Gasteiger partial charge in [0.15, 0.2) is 0 Å². The SMILES string of the molecule is CC(C(=O)O)C(=O)N(O)CNCP(C)(=O)O. The fourth-order valence-corrected chi connectivity index (χ4v) is 1.29. The molecule has 8 nitrogen and oxygen atoms in total. The standard InChI is InChI=1S/C7H15N2O6P/c1-5(7(11)12)6(10)9(13)3-8-4-16(2,14)15/h5,8,13H,3-4H2,1-2H3,(H,11,12)(H,14,15). The molecule has 4 N–H and O–H groups in total. The van der Waals surface area contributed by atoms with Gasteiger partial charge in [0.2, 0.25) is 7.37 Å². The summed E-state index contributed by atoms with van der Waals surface area (Å²) in [5.74, 6) is -3.72. The Hall–Kier alpha value is -0.950. The number of nitrogens with zero attached hydrogens (tertiary/aromatic N) is 1. The molecule has 0 bridgehead atoms. The highest BCUT2D eigenvalue weighted by Crippen LogP contribution is 2.32. The number of hydrogen-bond donors (Lipinski definition) is 4. The van der Waals surface area contributed by atoms with Gasteiger partial charge in [-0.05, 0) is 6.92 Å². The normalized spacial score (nSPS) is 16.2. The Morgan fingerprint density at radius 1 is 1.50 bits per heavy atom. The summed E-state index contributed by atoms with van der Waals surface area (Å²) in [4.78, 5) is 30.5. The maximum atomic E-state index is 11.2. The van der Waals surface area contributed by atoms with Gasteiger partial charge in [-0.3, -0.25) is 24.7 Å². The smallest absolute Gasteiger partial charge is 0.315 e. The van der Waals surface area contributed by atoms with E-state index in [2.05, 4.69) is 5.32 Å². The third kappa shape index (κ3) is 5.82. The summed E-state index contributed by atoms with van der Waals surface area (Å²) in [5.41, 5.74) is 0. The van der Waals surface area contributed by atoms with Crippen LogP contribution in [-0.4, -0.2) is 51.8 Å². The fraction of sp³-hybridized carbons (Fsp3) is 0.714. The Bertz CT molecular complexity index is 314. The van der Waals surface area contributed by atoms with E-state index in [4.69, 9.17) is 15.2 Å². The van der Waals surface area contributed by atoms with E-state index in [0.29, 0.717) is 0 Å². The molecule has 0 aliphatic carbocycles. The van der Waals surface area contributed by atoms with Gasteiger partial charge in [-0.25, -0.2) is 5.06 Å². The maximum Gasteiger partial charge on any atom is 0.315 e. The topological polar surface area (TPSA) is 127 Å². The van der Waals surface area contributed by atoms with E-state index in [1.807, 2.05) is 0 Å². The van der Waals surface area contributed by atoms with Crippen LogP contribution in [0.25, 0.3) is 0 Å². The molecule has 1 amide bonds. The zero-order valence-electron chi connectivity index (χ0n) is 8.95. The van der Waals surface area contributed by atoms with Crippen LogP contribution < -0.4 is 5.32 Å². The summed E-state index contributed by atoms with van der Waals surface area (Å²) in [5, 5.41) is 20.1. The molecule has 0 aromatic heterocycles. The van der Waals surface area contributed by atoms with Crippen molar-refractivity contribution in [1.82, 2.24) is 10.4 Å². The average molecular weight is 254 g/mol. The number of nitrogens with one attached hydrogen (secondary N) is 1. The van der Waals surface area contributed by atoms with E-state index in [0.717, 1.165) is 13.6 Å². The van der Waals surface area contributed by atoms with E-state index in [9.17, 15) is 14.2 Å². The molecule has 0 fully saturated rings. The molecule has 0 heterocycles. The molecule has 0 rings (SSSR count). The van der Waals surface area contributed by atoms with Gasteiger partial charge in [0.1, 0.15) is 5.92 Å². The second-order valence-corrected chi connectivity index (χ2v) is 5.83. The van der Waals surface area contributed by atoms with Gasteiger partial charge in [0.25, 0.3) is 5.91 Å². The van der Waals surface area contributed by atoms with Crippen LogP contribution in [0.4, 0.5) is 0 Å². The summed E-state index contributed by atoms with van der Waals surface area (Å²) < 4.78 is 10.8. The highest BCUT2D eigenvalue weighted by Gasteiger charge is 2.25. The third-order valence-electron chi connectivity index (χ3n) is 1.66. The lowest BCUT2D eigenvalue weighted by atomic mass is 10.2. The first-order valence-corrected chi connectivity index (χ1v) is 6.67. The van der Waals surface area contributed by atoms with Crippen LogP contribution in [0, 0.1) is 5.92 Å². The molecule has 94 valence electrons. The number of amides is 1. The van der Waals surface area contributed by atoms with Crippen LogP contribution in [0.1, 0.15) is 6.92 Å². The molecule has 0 aliphatic rings. The van der Waals surface area contributed by atoms with Crippen LogP contribution in [0.15, 0.2) is 0 Å². The minimum atomic E-state index is -3.27. The number of aliphatic carboxylic acids is 1. The lowest BCUT2D eigenvalue weighted by Gasteiger charge is -2.18. The molecule has 0 spiro atoms. The molecule has 16 heavy (non-hydrogen) atoms. The summed E-state index contributed by atoms with van der Waals surface area (Å²) in [6.07, 6.45) is -0.279. The predicted molar refractivity (Wildman–Crippen MR) is 54.1 cm³/mol. The lowest BCUT2D eigenvalue weighted by Crippen LogP contribution is -2.41. The molecule has 0 saturated carbocycles. The van der Waals surface area contributed by atoms with Gasteiger partial charge in [-0.15, -0.1) is 0 Å². The molecule has 0 aromatic carbocycles.